The fourth-order valence-electron chi connectivity index (χ4n) is 4.94. The molecule has 2 fully saturated rings. The van der Waals surface area contributed by atoms with E-state index < -0.39 is 17.9 Å². The number of aryl methyl sites for hydroxylation is 1. The Morgan fingerprint density at radius 2 is 1.43 bits per heavy atom. The number of amides is 3. The number of nitrogens with zero attached hydrogens (tertiary/aromatic N) is 7. The molecule has 0 aliphatic carbocycles. The lowest BCUT2D eigenvalue weighted by Crippen LogP contribution is -2.55. The van der Waals surface area contributed by atoms with Gasteiger partial charge in [0.1, 0.15) is 11.9 Å². The molecule has 35 heavy (non-hydrogen) atoms. The second kappa shape index (κ2) is 9.26. The number of carbonyl (C=O) groups is 3. The van der Waals surface area contributed by atoms with E-state index in [-0.39, 0.29) is 5.91 Å². The topological polar surface area (TPSA) is 93.2 Å². The molecule has 0 N–H and O–H groups in total. The molecule has 0 radical (unpaired) electrons. The molecule has 10 nitrogen and oxygen atoms in total. The van der Waals surface area contributed by atoms with Crippen LogP contribution in [-0.4, -0.2) is 108 Å². The molecule has 2 saturated heterocycles. The van der Waals surface area contributed by atoms with E-state index in [1.165, 1.54) is 0 Å². The lowest BCUT2D eigenvalue weighted by molar-refractivity contribution is -0.135. The summed E-state index contributed by atoms with van der Waals surface area (Å²) in [6.07, 6.45) is 0. The molecule has 1 atom stereocenters. The number of carbonyl (C=O) groups excluding carboxylic acids is 3. The second-order valence-corrected chi connectivity index (χ2v) is 9.47. The predicted molar refractivity (Wildman–Crippen MR) is 132 cm³/mol. The molecule has 3 aliphatic rings. The van der Waals surface area contributed by atoms with Crippen molar-refractivity contribution in [1.29, 1.82) is 0 Å². The SMILES string of the molecule is Cc1cc(N2CCN(C)CC2)nc(N2CCN(C(=O)C(C)N3C(=O)c4ccccc4C3=O)CC2)n1. The largest absolute Gasteiger partial charge is 0.354 e. The van der Waals surface area contributed by atoms with E-state index in [9.17, 15) is 14.4 Å². The third-order valence-electron chi connectivity index (χ3n) is 7.10. The molecule has 10 heteroatoms. The van der Waals surface area contributed by atoms with Crippen LogP contribution in [0.5, 0.6) is 0 Å². The summed E-state index contributed by atoms with van der Waals surface area (Å²) < 4.78 is 0. The van der Waals surface area contributed by atoms with E-state index >= 15 is 0 Å². The zero-order valence-electron chi connectivity index (χ0n) is 20.5. The minimum absolute atomic E-state index is 0.220. The van der Waals surface area contributed by atoms with Gasteiger partial charge in [-0.1, -0.05) is 12.1 Å². The van der Waals surface area contributed by atoms with Crippen molar-refractivity contribution in [2.24, 2.45) is 0 Å². The van der Waals surface area contributed by atoms with Crippen LogP contribution in [0.4, 0.5) is 11.8 Å². The molecule has 1 aromatic carbocycles. The van der Waals surface area contributed by atoms with Gasteiger partial charge >= 0.3 is 0 Å². The van der Waals surface area contributed by atoms with Gasteiger partial charge in [-0.3, -0.25) is 19.3 Å². The van der Waals surface area contributed by atoms with Gasteiger partial charge in [0.05, 0.1) is 11.1 Å². The van der Waals surface area contributed by atoms with Crippen LogP contribution < -0.4 is 9.80 Å². The summed E-state index contributed by atoms with van der Waals surface area (Å²) in [6.45, 7) is 9.62. The van der Waals surface area contributed by atoms with Gasteiger partial charge in [0, 0.05) is 64.1 Å². The third kappa shape index (κ3) is 4.34. The van der Waals surface area contributed by atoms with Crippen LogP contribution in [0.25, 0.3) is 0 Å². The monoisotopic (exact) mass is 477 g/mol. The average Bonchev–Trinajstić information content (AvgIpc) is 3.13. The Morgan fingerprint density at radius 3 is 2.03 bits per heavy atom. The van der Waals surface area contributed by atoms with Crippen LogP contribution in [0.3, 0.4) is 0 Å². The minimum Gasteiger partial charge on any atom is -0.354 e. The molecule has 1 aromatic heterocycles. The highest BCUT2D eigenvalue weighted by Gasteiger charge is 2.42. The predicted octanol–water partition coefficient (Wildman–Crippen LogP) is 0.870. The lowest BCUT2D eigenvalue weighted by atomic mass is 10.1. The minimum atomic E-state index is -0.854. The number of benzene rings is 1. The fourth-order valence-corrected chi connectivity index (χ4v) is 4.94. The first kappa shape index (κ1) is 23.2. The van der Waals surface area contributed by atoms with E-state index in [1.807, 2.05) is 13.0 Å². The fraction of sp³-hybridized carbons (Fsp3) is 0.480. The summed E-state index contributed by atoms with van der Waals surface area (Å²) in [5, 5.41) is 0. The van der Waals surface area contributed by atoms with Gasteiger partial charge in [0.15, 0.2) is 0 Å². The van der Waals surface area contributed by atoms with E-state index in [1.54, 1.807) is 36.1 Å². The summed E-state index contributed by atoms with van der Waals surface area (Å²) in [4.78, 5) is 57.8. The van der Waals surface area contributed by atoms with E-state index in [2.05, 4.69) is 26.7 Å². The zero-order valence-corrected chi connectivity index (χ0v) is 20.5. The first-order chi connectivity index (χ1) is 16.8. The number of hydrogen-bond donors (Lipinski definition) is 0. The highest BCUT2D eigenvalue weighted by Crippen LogP contribution is 2.26. The summed E-state index contributed by atoms with van der Waals surface area (Å²) in [5.74, 6) is 0.588. The molecule has 4 heterocycles. The standard InChI is InChI=1S/C25H31N7O3/c1-17-16-21(29-10-8-28(3)9-11-29)27-25(26-17)31-14-12-30(13-15-31)22(33)18(2)32-23(34)19-6-4-5-7-20(19)24(32)35/h4-7,16,18H,8-15H2,1-3H3. The van der Waals surface area contributed by atoms with Crippen LogP contribution in [0.1, 0.15) is 33.3 Å². The normalized spacial score (nSPS) is 19.9. The molecule has 184 valence electrons. The van der Waals surface area contributed by atoms with Crippen molar-refractivity contribution >= 4 is 29.5 Å². The maximum absolute atomic E-state index is 13.2. The van der Waals surface area contributed by atoms with Crippen LogP contribution in [-0.2, 0) is 4.79 Å². The lowest BCUT2D eigenvalue weighted by Gasteiger charge is -2.37. The smallest absolute Gasteiger partial charge is 0.262 e. The Bertz CT molecular complexity index is 1120. The second-order valence-electron chi connectivity index (χ2n) is 9.47. The third-order valence-corrected chi connectivity index (χ3v) is 7.10. The van der Waals surface area contributed by atoms with Crippen molar-refractivity contribution in [2.45, 2.75) is 19.9 Å². The maximum atomic E-state index is 13.2. The molecule has 0 spiro atoms. The van der Waals surface area contributed by atoms with E-state index in [4.69, 9.17) is 4.98 Å². The van der Waals surface area contributed by atoms with E-state index in [0.717, 1.165) is 42.6 Å². The Balaban J connectivity index is 1.23. The number of imide groups is 1. The van der Waals surface area contributed by atoms with Gasteiger partial charge in [-0.25, -0.2) is 4.98 Å². The summed E-state index contributed by atoms with van der Waals surface area (Å²) >= 11 is 0. The molecule has 5 rings (SSSR count). The van der Waals surface area contributed by atoms with Gasteiger partial charge in [-0.05, 0) is 33.0 Å². The van der Waals surface area contributed by atoms with Crippen molar-refractivity contribution in [3.05, 3.63) is 47.2 Å². The molecule has 1 unspecified atom stereocenters. The maximum Gasteiger partial charge on any atom is 0.262 e. The van der Waals surface area contributed by atoms with Gasteiger partial charge in [-0.2, -0.15) is 4.98 Å². The van der Waals surface area contributed by atoms with Gasteiger partial charge in [0.2, 0.25) is 11.9 Å². The van der Waals surface area contributed by atoms with Gasteiger partial charge in [0.25, 0.3) is 11.8 Å². The first-order valence-corrected chi connectivity index (χ1v) is 12.1. The number of hydrogen-bond acceptors (Lipinski definition) is 8. The Morgan fingerprint density at radius 1 is 0.857 bits per heavy atom. The van der Waals surface area contributed by atoms with Gasteiger partial charge in [-0.15, -0.1) is 0 Å². The number of likely N-dealkylation sites (N-methyl/N-ethyl adjacent to an activating group) is 1. The highest BCUT2D eigenvalue weighted by atomic mass is 16.2. The van der Waals surface area contributed by atoms with Crippen LogP contribution in [0.15, 0.2) is 30.3 Å². The Kier molecular flexibility index (Phi) is 6.14. The molecular weight excluding hydrogens is 446 g/mol. The zero-order chi connectivity index (χ0) is 24.7. The number of rotatable bonds is 4. The number of fused-ring (bicyclic) bond motifs is 1. The van der Waals surface area contributed by atoms with Crippen LogP contribution in [0.2, 0.25) is 0 Å². The molecule has 3 aliphatic heterocycles. The first-order valence-electron chi connectivity index (χ1n) is 12.1. The average molecular weight is 478 g/mol. The quantitative estimate of drug-likeness (QED) is 0.599. The number of anilines is 2. The molecule has 2 aromatic rings. The molecule has 3 amide bonds. The van der Waals surface area contributed by atoms with Crippen molar-refractivity contribution < 1.29 is 14.4 Å². The Labute approximate surface area is 205 Å². The molecular formula is C25H31N7O3. The van der Waals surface area contributed by atoms with E-state index in [0.29, 0.717) is 43.3 Å². The Hall–Kier alpha value is -3.53. The molecule has 0 saturated carbocycles. The number of piperazine rings is 2. The van der Waals surface area contributed by atoms with Crippen LogP contribution >= 0.6 is 0 Å². The van der Waals surface area contributed by atoms with Crippen molar-refractivity contribution in [2.75, 3.05) is 69.2 Å². The van der Waals surface area contributed by atoms with Crippen LogP contribution in [0, 0.1) is 6.92 Å². The summed E-state index contributed by atoms with van der Waals surface area (Å²) in [7, 11) is 2.13. The summed E-state index contributed by atoms with van der Waals surface area (Å²) in [5.41, 5.74) is 1.63. The van der Waals surface area contributed by atoms with Crippen molar-refractivity contribution in [3.8, 4) is 0 Å². The van der Waals surface area contributed by atoms with Gasteiger partial charge < -0.3 is 19.6 Å². The molecule has 0 bridgehead atoms. The highest BCUT2D eigenvalue weighted by molar-refractivity contribution is 6.22. The van der Waals surface area contributed by atoms with Crippen molar-refractivity contribution in [1.82, 2.24) is 24.7 Å². The number of aromatic nitrogens is 2. The van der Waals surface area contributed by atoms with Crippen molar-refractivity contribution in [3.63, 3.8) is 0 Å². The summed E-state index contributed by atoms with van der Waals surface area (Å²) in [6, 6.07) is 7.88.